The van der Waals surface area contributed by atoms with Gasteiger partial charge in [0.15, 0.2) is 0 Å². The van der Waals surface area contributed by atoms with Gasteiger partial charge in [0.05, 0.1) is 0 Å². The Labute approximate surface area is 94.4 Å². The van der Waals surface area contributed by atoms with E-state index in [2.05, 4.69) is 13.8 Å². The molecule has 0 spiro atoms. The minimum atomic E-state index is -4.64. The predicted molar refractivity (Wildman–Crippen MR) is 56.0 cm³/mol. The van der Waals surface area contributed by atoms with Gasteiger partial charge in [-0.1, -0.05) is 13.8 Å². The number of halogens is 3. The lowest BCUT2D eigenvalue weighted by molar-refractivity contribution is -0.172. The average molecular weight is 236 g/mol. The smallest absolute Gasteiger partial charge is 0.290 e. The van der Waals surface area contributed by atoms with E-state index in [1.165, 1.54) is 0 Å². The van der Waals surface area contributed by atoms with Gasteiger partial charge in [-0.15, -0.1) is 0 Å². The van der Waals surface area contributed by atoms with Crippen LogP contribution in [0.15, 0.2) is 0 Å². The van der Waals surface area contributed by atoms with Crippen LogP contribution in [0.4, 0.5) is 13.2 Å². The van der Waals surface area contributed by atoms with Gasteiger partial charge in [-0.05, 0) is 43.4 Å². The molecular weight excluding hydrogens is 217 g/mol. The van der Waals surface area contributed by atoms with Crippen LogP contribution in [0.25, 0.3) is 0 Å². The molecule has 0 heterocycles. The Bertz CT molecular complexity index is 237. The SMILES string of the molecule is CC(C)C1CCC(CC(=O)C(F)(F)F)CC1. The van der Waals surface area contributed by atoms with E-state index >= 15 is 0 Å². The lowest BCUT2D eigenvalue weighted by Gasteiger charge is -2.30. The van der Waals surface area contributed by atoms with Gasteiger partial charge in [-0.2, -0.15) is 13.2 Å². The Morgan fingerprint density at radius 3 is 2.06 bits per heavy atom. The van der Waals surface area contributed by atoms with Gasteiger partial charge in [0.25, 0.3) is 0 Å². The highest BCUT2D eigenvalue weighted by molar-refractivity contribution is 5.84. The highest BCUT2D eigenvalue weighted by atomic mass is 19.4. The van der Waals surface area contributed by atoms with Gasteiger partial charge < -0.3 is 0 Å². The Balaban J connectivity index is 2.35. The molecule has 0 amide bonds. The van der Waals surface area contributed by atoms with E-state index in [-0.39, 0.29) is 12.3 Å². The summed E-state index contributed by atoms with van der Waals surface area (Å²) in [7, 11) is 0. The van der Waals surface area contributed by atoms with Gasteiger partial charge in [0.1, 0.15) is 0 Å². The van der Waals surface area contributed by atoms with Crippen LogP contribution in [-0.4, -0.2) is 12.0 Å². The first kappa shape index (κ1) is 13.5. The summed E-state index contributed by atoms with van der Waals surface area (Å²) >= 11 is 0. The topological polar surface area (TPSA) is 17.1 Å². The molecule has 0 saturated heterocycles. The maximum Gasteiger partial charge on any atom is 0.449 e. The zero-order valence-electron chi connectivity index (χ0n) is 9.81. The zero-order chi connectivity index (χ0) is 12.3. The van der Waals surface area contributed by atoms with Crippen molar-refractivity contribution in [3.05, 3.63) is 0 Å². The van der Waals surface area contributed by atoms with Crippen molar-refractivity contribution in [2.24, 2.45) is 17.8 Å². The molecule has 1 rings (SSSR count). The Morgan fingerprint density at radius 1 is 1.19 bits per heavy atom. The van der Waals surface area contributed by atoms with Crippen molar-refractivity contribution in [3.8, 4) is 0 Å². The number of ketones is 1. The van der Waals surface area contributed by atoms with Crippen molar-refractivity contribution in [1.82, 2.24) is 0 Å². The van der Waals surface area contributed by atoms with Crippen LogP contribution in [0.3, 0.4) is 0 Å². The van der Waals surface area contributed by atoms with Crippen molar-refractivity contribution in [2.75, 3.05) is 0 Å². The fourth-order valence-electron chi connectivity index (χ4n) is 2.44. The lowest BCUT2D eigenvalue weighted by Crippen LogP contribution is -2.27. The standard InChI is InChI=1S/C12H19F3O/c1-8(2)10-5-3-9(4-6-10)7-11(16)12(13,14)15/h8-10H,3-7H2,1-2H3. The highest BCUT2D eigenvalue weighted by Crippen LogP contribution is 2.36. The van der Waals surface area contributed by atoms with Crippen LogP contribution >= 0.6 is 0 Å². The van der Waals surface area contributed by atoms with E-state index in [4.69, 9.17) is 0 Å². The normalized spacial score (nSPS) is 27.1. The maximum absolute atomic E-state index is 12.1. The third-order valence-corrected chi connectivity index (χ3v) is 3.62. The summed E-state index contributed by atoms with van der Waals surface area (Å²) in [6.07, 6.45) is -1.49. The number of rotatable bonds is 3. The van der Waals surface area contributed by atoms with Crippen LogP contribution in [0, 0.1) is 17.8 Å². The first-order chi connectivity index (χ1) is 7.30. The molecule has 0 bridgehead atoms. The molecule has 0 aromatic carbocycles. The molecule has 0 unspecified atom stereocenters. The molecule has 1 aliphatic rings. The zero-order valence-corrected chi connectivity index (χ0v) is 9.81. The largest absolute Gasteiger partial charge is 0.449 e. The number of carbonyl (C=O) groups excluding carboxylic acids is 1. The van der Waals surface area contributed by atoms with Gasteiger partial charge >= 0.3 is 6.18 Å². The van der Waals surface area contributed by atoms with E-state index in [1.807, 2.05) is 0 Å². The van der Waals surface area contributed by atoms with Gasteiger partial charge in [-0.3, -0.25) is 4.79 Å². The van der Waals surface area contributed by atoms with Crippen molar-refractivity contribution in [2.45, 2.75) is 52.1 Å². The Hall–Kier alpha value is -0.540. The molecule has 1 aliphatic carbocycles. The van der Waals surface area contributed by atoms with E-state index < -0.39 is 12.0 Å². The van der Waals surface area contributed by atoms with E-state index in [0.29, 0.717) is 11.8 Å². The van der Waals surface area contributed by atoms with E-state index in [1.54, 1.807) is 0 Å². The number of carbonyl (C=O) groups is 1. The molecular formula is C12H19F3O. The third-order valence-electron chi connectivity index (χ3n) is 3.62. The number of alkyl halides is 3. The minimum Gasteiger partial charge on any atom is -0.290 e. The molecule has 0 atom stereocenters. The molecule has 16 heavy (non-hydrogen) atoms. The summed E-state index contributed by atoms with van der Waals surface area (Å²) in [6.45, 7) is 4.29. The summed E-state index contributed by atoms with van der Waals surface area (Å²) in [5.74, 6) is -0.388. The van der Waals surface area contributed by atoms with Crippen molar-refractivity contribution in [1.29, 1.82) is 0 Å². The molecule has 4 heteroatoms. The molecule has 0 aromatic heterocycles. The van der Waals surface area contributed by atoms with Crippen LogP contribution < -0.4 is 0 Å². The monoisotopic (exact) mass is 236 g/mol. The summed E-state index contributed by atoms with van der Waals surface area (Å²) in [5.41, 5.74) is 0. The second kappa shape index (κ2) is 5.19. The molecule has 0 radical (unpaired) electrons. The number of hydrogen-bond donors (Lipinski definition) is 0. The lowest BCUT2D eigenvalue weighted by atomic mass is 9.75. The van der Waals surface area contributed by atoms with E-state index in [0.717, 1.165) is 25.7 Å². The fourth-order valence-corrected chi connectivity index (χ4v) is 2.44. The summed E-state index contributed by atoms with van der Waals surface area (Å²) in [6, 6.07) is 0. The maximum atomic E-state index is 12.1. The van der Waals surface area contributed by atoms with Crippen molar-refractivity contribution >= 4 is 5.78 Å². The Kier molecular flexibility index (Phi) is 4.39. The van der Waals surface area contributed by atoms with Crippen LogP contribution in [0.2, 0.25) is 0 Å². The Morgan fingerprint density at radius 2 is 1.69 bits per heavy atom. The molecule has 0 aromatic rings. The summed E-state index contributed by atoms with van der Waals surface area (Å²) < 4.78 is 36.2. The van der Waals surface area contributed by atoms with Crippen LogP contribution in [0.5, 0.6) is 0 Å². The summed E-state index contributed by atoms with van der Waals surface area (Å²) in [5, 5.41) is 0. The second-order valence-electron chi connectivity index (χ2n) is 5.15. The van der Waals surface area contributed by atoms with Crippen molar-refractivity contribution < 1.29 is 18.0 Å². The van der Waals surface area contributed by atoms with Gasteiger partial charge in [0, 0.05) is 6.42 Å². The number of Topliss-reactive ketones (excluding diaryl/α,β-unsaturated/α-hetero) is 1. The first-order valence-electron chi connectivity index (χ1n) is 5.90. The predicted octanol–water partition coefficient (Wildman–Crippen LogP) is 3.97. The average Bonchev–Trinajstić information content (AvgIpc) is 2.17. The van der Waals surface area contributed by atoms with Gasteiger partial charge in [-0.25, -0.2) is 0 Å². The molecule has 1 saturated carbocycles. The third kappa shape index (κ3) is 3.80. The van der Waals surface area contributed by atoms with Crippen LogP contribution in [0.1, 0.15) is 46.0 Å². The van der Waals surface area contributed by atoms with E-state index in [9.17, 15) is 18.0 Å². The molecule has 1 fully saturated rings. The summed E-state index contributed by atoms with van der Waals surface area (Å²) in [4.78, 5) is 10.8. The molecule has 94 valence electrons. The number of hydrogen-bond acceptors (Lipinski definition) is 1. The minimum absolute atomic E-state index is 0.0517. The molecule has 1 nitrogen and oxygen atoms in total. The quantitative estimate of drug-likeness (QED) is 0.724. The molecule has 0 N–H and O–H groups in total. The van der Waals surface area contributed by atoms with Crippen molar-refractivity contribution in [3.63, 3.8) is 0 Å². The molecule has 0 aliphatic heterocycles. The highest BCUT2D eigenvalue weighted by Gasteiger charge is 2.39. The van der Waals surface area contributed by atoms with Crippen LogP contribution in [-0.2, 0) is 4.79 Å². The van der Waals surface area contributed by atoms with Gasteiger partial charge in [0.2, 0.25) is 5.78 Å². The second-order valence-corrected chi connectivity index (χ2v) is 5.15. The first-order valence-corrected chi connectivity index (χ1v) is 5.90. The fraction of sp³-hybridized carbons (Fsp3) is 0.917.